The molecule has 0 bridgehead atoms. The third-order valence-electron chi connectivity index (χ3n) is 7.63. The first-order valence-electron chi connectivity index (χ1n) is 14.7. The second kappa shape index (κ2) is 14.6. The monoisotopic (exact) mass is 677 g/mol. The number of allylic oxidation sites excluding steroid dienone is 1. The van der Waals surface area contributed by atoms with Crippen LogP contribution in [0, 0.1) is 6.92 Å². The van der Waals surface area contributed by atoms with Crippen LogP contribution in [0.15, 0.2) is 77.0 Å². The van der Waals surface area contributed by atoms with Crippen LogP contribution in [0.1, 0.15) is 42.3 Å². The van der Waals surface area contributed by atoms with Gasteiger partial charge in [-0.3, -0.25) is 4.79 Å². The Hall–Kier alpha value is -5.00. The number of hydrogen-bond acceptors (Lipinski definition) is 7. The maximum absolute atomic E-state index is 12.7. The summed E-state index contributed by atoms with van der Waals surface area (Å²) in [7, 11) is 1.45. The summed E-state index contributed by atoms with van der Waals surface area (Å²) in [6.07, 6.45) is 1.61. The number of carbonyl (C=O) groups is 3. The van der Waals surface area contributed by atoms with Crippen molar-refractivity contribution in [3.8, 4) is 11.5 Å². The Morgan fingerprint density at radius 3 is 2.57 bits per heavy atom. The van der Waals surface area contributed by atoms with E-state index in [-0.39, 0.29) is 24.5 Å². The molecule has 11 nitrogen and oxygen atoms in total. The predicted octanol–water partition coefficient (Wildman–Crippen LogP) is 6.03. The van der Waals surface area contributed by atoms with Gasteiger partial charge < -0.3 is 29.4 Å². The minimum atomic E-state index is -0.776. The largest absolute Gasteiger partial charge is 0.493 e. The molecule has 1 aromatic heterocycles. The van der Waals surface area contributed by atoms with E-state index in [0.717, 1.165) is 27.7 Å². The lowest BCUT2D eigenvalue weighted by Gasteiger charge is -2.28. The molecule has 0 saturated carbocycles. The molecular formula is C34H33Cl2N5O6. The van der Waals surface area contributed by atoms with Gasteiger partial charge in [0.05, 0.1) is 41.6 Å². The van der Waals surface area contributed by atoms with Gasteiger partial charge in [-0.2, -0.15) is 5.10 Å². The van der Waals surface area contributed by atoms with E-state index < -0.39 is 23.9 Å². The van der Waals surface area contributed by atoms with Crippen LogP contribution in [0.3, 0.4) is 0 Å². The Kier molecular flexibility index (Phi) is 10.4. The van der Waals surface area contributed by atoms with Gasteiger partial charge in [0.15, 0.2) is 18.1 Å². The first-order chi connectivity index (χ1) is 22.6. The molecule has 0 saturated heterocycles. The third-order valence-corrected chi connectivity index (χ3v) is 8.37. The average molecular weight is 679 g/mol. The fraction of sp³-hybridized carbons (Fsp3) is 0.235. The lowest BCUT2D eigenvalue weighted by atomic mass is 9.95. The van der Waals surface area contributed by atoms with Crippen molar-refractivity contribution in [2.75, 3.05) is 20.3 Å². The number of rotatable bonds is 11. The Labute approximate surface area is 281 Å². The number of carbonyl (C=O) groups excluding carboxylic acids is 3. The minimum absolute atomic E-state index is 0.182. The molecule has 0 radical (unpaired) electrons. The molecule has 0 fully saturated rings. The highest BCUT2D eigenvalue weighted by molar-refractivity contribution is 6.42. The highest BCUT2D eigenvalue weighted by Gasteiger charge is 2.32. The summed E-state index contributed by atoms with van der Waals surface area (Å²) in [6, 6.07) is 17.2. The van der Waals surface area contributed by atoms with Crippen LogP contribution >= 0.6 is 23.2 Å². The number of benzene rings is 3. The Balaban J connectivity index is 1.27. The van der Waals surface area contributed by atoms with Crippen LogP contribution in [0.25, 0.3) is 10.9 Å². The lowest BCUT2D eigenvalue weighted by molar-refractivity contribution is -0.139. The van der Waals surface area contributed by atoms with E-state index >= 15 is 0 Å². The molecule has 0 unspecified atom stereocenters. The van der Waals surface area contributed by atoms with Gasteiger partial charge >= 0.3 is 12.0 Å². The summed E-state index contributed by atoms with van der Waals surface area (Å²) in [5, 5.41) is 11.5. The van der Waals surface area contributed by atoms with Gasteiger partial charge in [0, 0.05) is 34.4 Å². The number of esters is 1. The van der Waals surface area contributed by atoms with Gasteiger partial charge in [-0.15, -0.1) is 0 Å². The van der Waals surface area contributed by atoms with Gasteiger partial charge in [-0.25, -0.2) is 15.0 Å². The van der Waals surface area contributed by atoms with E-state index in [1.807, 2.05) is 43.3 Å². The maximum atomic E-state index is 12.7. The van der Waals surface area contributed by atoms with Crippen molar-refractivity contribution >= 4 is 58.2 Å². The molecule has 47 heavy (non-hydrogen) atoms. The second-order valence-electron chi connectivity index (χ2n) is 10.6. The number of aromatic nitrogens is 1. The molecule has 0 aliphatic carbocycles. The zero-order valence-electron chi connectivity index (χ0n) is 26.1. The number of ether oxygens (including phenoxy) is 3. The molecule has 3 amide bonds. The van der Waals surface area contributed by atoms with E-state index in [1.54, 1.807) is 44.3 Å². The Bertz CT molecular complexity index is 1920. The van der Waals surface area contributed by atoms with Crippen LogP contribution in [0.4, 0.5) is 4.79 Å². The first-order valence-corrected chi connectivity index (χ1v) is 15.5. The number of nitrogens with zero attached hydrogens (tertiary/aromatic N) is 2. The summed E-state index contributed by atoms with van der Waals surface area (Å²) in [4.78, 5) is 37.6. The molecule has 1 aliphatic heterocycles. The number of para-hydroxylation sites is 1. The number of hydrogen-bond donors (Lipinski definition) is 3. The molecule has 1 aliphatic rings. The number of halogens is 2. The predicted molar refractivity (Wildman–Crippen MR) is 180 cm³/mol. The molecule has 2 heterocycles. The number of nitrogens with one attached hydrogen (secondary N) is 3. The standard InChI is InChI=1S/C34H33Cl2N5O6/c1-5-46-33(43)31-19(2)38-34(44)39-32(31)22-11-13-28(29(15-22)45-4)47-18-30(42)40-37-16-24-20(3)41(27-9-7-6-8-23(24)27)17-21-10-12-25(35)26(36)14-21/h6-16,32H,5,17-18H2,1-4H3,(H,40,42)(H2,38,39,44)/b37-16+/t32-/m0/s1. The van der Waals surface area contributed by atoms with E-state index in [9.17, 15) is 14.4 Å². The van der Waals surface area contributed by atoms with Gasteiger partial charge in [0.1, 0.15) is 0 Å². The topological polar surface area (TPSA) is 132 Å². The fourth-order valence-electron chi connectivity index (χ4n) is 5.40. The maximum Gasteiger partial charge on any atom is 0.338 e. The lowest BCUT2D eigenvalue weighted by Crippen LogP contribution is -2.45. The molecule has 3 N–H and O–H groups in total. The Morgan fingerprint density at radius 2 is 1.83 bits per heavy atom. The molecule has 1 atom stereocenters. The zero-order chi connectivity index (χ0) is 33.7. The molecule has 3 aromatic carbocycles. The van der Waals surface area contributed by atoms with Crippen LogP contribution in [-0.2, 0) is 20.9 Å². The summed E-state index contributed by atoms with van der Waals surface area (Å²) in [6.45, 7) is 5.73. The fourth-order valence-corrected chi connectivity index (χ4v) is 5.72. The molecule has 244 valence electrons. The van der Waals surface area contributed by atoms with Crippen molar-refractivity contribution in [3.63, 3.8) is 0 Å². The second-order valence-corrected chi connectivity index (χ2v) is 11.4. The van der Waals surface area contributed by atoms with Gasteiger partial charge in [-0.05, 0) is 62.2 Å². The van der Waals surface area contributed by atoms with E-state index in [0.29, 0.717) is 33.6 Å². The van der Waals surface area contributed by atoms with Crippen LogP contribution in [0.2, 0.25) is 10.0 Å². The van der Waals surface area contributed by atoms with E-state index in [2.05, 4.69) is 25.7 Å². The van der Waals surface area contributed by atoms with E-state index in [4.69, 9.17) is 37.4 Å². The van der Waals surface area contributed by atoms with Crippen LogP contribution < -0.4 is 25.5 Å². The van der Waals surface area contributed by atoms with Crippen LogP contribution in [0.5, 0.6) is 11.5 Å². The average Bonchev–Trinajstić information content (AvgIpc) is 3.31. The summed E-state index contributed by atoms with van der Waals surface area (Å²) in [5.74, 6) is -0.448. The normalized spacial score (nSPS) is 14.6. The summed E-state index contributed by atoms with van der Waals surface area (Å²) >= 11 is 12.3. The molecular weight excluding hydrogens is 645 g/mol. The van der Waals surface area contributed by atoms with Crippen molar-refractivity contribution in [2.45, 2.75) is 33.4 Å². The number of methoxy groups -OCH3 is 1. The Morgan fingerprint density at radius 1 is 1.04 bits per heavy atom. The smallest absolute Gasteiger partial charge is 0.338 e. The van der Waals surface area contributed by atoms with Crippen LogP contribution in [-0.4, -0.2) is 49.0 Å². The number of fused-ring (bicyclic) bond motifs is 1. The highest BCUT2D eigenvalue weighted by Crippen LogP contribution is 2.35. The highest BCUT2D eigenvalue weighted by atomic mass is 35.5. The van der Waals surface area contributed by atoms with Crippen molar-refractivity contribution < 1.29 is 28.6 Å². The van der Waals surface area contributed by atoms with E-state index in [1.165, 1.54) is 7.11 Å². The third kappa shape index (κ3) is 7.37. The number of amides is 3. The minimum Gasteiger partial charge on any atom is -0.493 e. The van der Waals surface area contributed by atoms with Crippen molar-refractivity contribution in [3.05, 3.63) is 104 Å². The zero-order valence-corrected chi connectivity index (χ0v) is 27.7. The van der Waals surface area contributed by atoms with Gasteiger partial charge in [0.2, 0.25) is 0 Å². The van der Waals surface area contributed by atoms with Crippen molar-refractivity contribution in [1.29, 1.82) is 0 Å². The van der Waals surface area contributed by atoms with Crippen molar-refractivity contribution in [1.82, 2.24) is 20.6 Å². The molecule has 0 spiro atoms. The number of urea groups is 1. The first kappa shape index (κ1) is 33.4. The van der Waals surface area contributed by atoms with Gasteiger partial charge in [-0.1, -0.05) is 53.5 Å². The quantitative estimate of drug-likeness (QED) is 0.101. The molecule has 4 aromatic rings. The SMILES string of the molecule is CCOC(=O)C1=C(C)NC(=O)N[C@H]1c1ccc(OCC(=O)N/N=C/c2c(C)n(Cc3ccc(Cl)c(Cl)c3)c3ccccc23)c(OC)c1. The van der Waals surface area contributed by atoms with Crippen molar-refractivity contribution in [2.24, 2.45) is 5.10 Å². The van der Waals surface area contributed by atoms with Gasteiger partial charge in [0.25, 0.3) is 5.91 Å². The summed E-state index contributed by atoms with van der Waals surface area (Å²) in [5.41, 5.74) is 7.55. The molecule has 5 rings (SSSR count). The number of hydrazone groups is 1. The summed E-state index contributed by atoms with van der Waals surface area (Å²) < 4.78 is 18.6. The molecule has 13 heteroatoms.